The van der Waals surface area contributed by atoms with E-state index >= 15 is 0 Å². The third-order valence-electron chi connectivity index (χ3n) is 27.1. The number of fused-ring (bicyclic) bond motifs is 12. The van der Waals surface area contributed by atoms with Crippen molar-refractivity contribution in [3.05, 3.63) is 548 Å². The van der Waals surface area contributed by atoms with Gasteiger partial charge in [0.25, 0.3) is 0 Å². The first-order valence-electron chi connectivity index (χ1n) is 47.5. The highest BCUT2D eigenvalue weighted by Gasteiger charge is 2.41. The van der Waals surface area contributed by atoms with Crippen molar-refractivity contribution in [3.8, 4) is 92.5 Å². The number of hydrogen-bond acceptors (Lipinski definition) is 8. The first-order valence-corrected chi connectivity index (χ1v) is 47.5. The number of nitrogens with zero attached hydrogens (tertiary/aromatic N) is 12. The normalized spacial score (nSPS) is 11.4. The van der Waals surface area contributed by atoms with Crippen LogP contribution in [-0.4, -0.2) is 18.3 Å². The summed E-state index contributed by atoms with van der Waals surface area (Å²) >= 11 is 0. The monoisotopic (exact) mass is 1830 g/mol. The summed E-state index contributed by atoms with van der Waals surface area (Å²) < 4.78 is 9.49. The van der Waals surface area contributed by atoms with E-state index in [1.807, 2.05) is 18.2 Å². The van der Waals surface area contributed by atoms with E-state index < -0.39 is 0 Å². The second-order valence-corrected chi connectivity index (χ2v) is 35.3. The minimum Gasteiger partial charge on any atom is -0.311 e. The molecule has 144 heavy (non-hydrogen) atoms. The maximum atomic E-state index is 10.1. The van der Waals surface area contributed by atoms with Crippen molar-refractivity contribution >= 4 is 138 Å². The third-order valence-corrected chi connectivity index (χ3v) is 27.1. The molecule has 1 saturated carbocycles. The van der Waals surface area contributed by atoms with Gasteiger partial charge in [-0.2, -0.15) is 31.6 Å². The Morgan fingerprint density at radius 1 is 0.160 bits per heavy atom. The Kier molecular flexibility index (Phi) is 23.2. The van der Waals surface area contributed by atoms with Gasteiger partial charge < -0.3 is 28.1 Å². The Bertz CT molecular complexity index is 8580. The van der Waals surface area contributed by atoms with Crippen molar-refractivity contribution in [1.82, 2.24) is 18.3 Å². The van der Waals surface area contributed by atoms with Crippen LogP contribution in [0.3, 0.4) is 0 Å². The quantitative estimate of drug-likeness (QED) is 0.0861. The van der Waals surface area contributed by atoms with E-state index in [9.17, 15) is 15.8 Å². The summed E-state index contributed by atoms with van der Waals surface area (Å²) in [4.78, 5) is 4.69. The van der Waals surface area contributed by atoms with Crippen LogP contribution in [-0.2, 0) is 0 Å². The molecule has 4 aromatic heterocycles. The van der Waals surface area contributed by atoms with Crippen molar-refractivity contribution < 1.29 is 0 Å². The highest BCUT2D eigenvalue weighted by Crippen LogP contribution is 2.56. The van der Waals surface area contributed by atoms with Crippen molar-refractivity contribution in [1.29, 1.82) is 31.6 Å². The molecule has 0 bridgehead atoms. The Labute approximate surface area is 832 Å². The molecule has 0 spiro atoms. The average Bonchev–Trinajstić information content (AvgIpc) is 1.55. The lowest BCUT2D eigenvalue weighted by molar-refractivity contribution is 1.16. The summed E-state index contributed by atoms with van der Waals surface area (Å²) in [6.07, 6.45) is 0. The Morgan fingerprint density at radius 3 is 0.507 bits per heavy atom. The molecule has 0 radical (unpaired) electrons. The second kappa shape index (κ2) is 38.1. The van der Waals surface area contributed by atoms with E-state index in [4.69, 9.17) is 15.8 Å². The molecular weight excluding hydrogens is 1750 g/mol. The van der Waals surface area contributed by atoms with Gasteiger partial charge in [0.15, 0.2) is 0 Å². The molecule has 0 aliphatic heterocycles. The largest absolute Gasteiger partial charge is 0.311 e. The fourth-order valence-electron chi connectivity index (χ4n) is 20.3. The van der Waals surface area contributed by atoms with Crippen molar-refractivity contribution in [2.45, 2.75) is 0 Å². The number of aromatic nitrogens is 4. The smallest absolute Gasteiger partial charge is 0.100 e. The SMILES string of the molecule is N#CC(=C1C(=C(C#N)c2ccc(C#N)cc2)C1=C(C#N)c1ccc(C#N)cc1)c1ccc(C#N)cc1.c1ccc(-c2ccc(N(c3ccc(-c4ccccc4)cc3)c3ccc(-c4ccc(-n5c6ccccc6c6ccccc65)cc4)cc3)cc2)cc1.c1ccc2c(c1)c1ccccc1n2-c1ccc(N(c2ccc(-n3c4ccccc4c4ccccc43)cc2)c2ccc(-n3c4ccccc4c4ccccc43)cc2)cc1. The van der Waals surface area contributed by atoms with Gasteiger partial charge in [0.1, 0.15) is 18.2 Å². The van der Waals surface area contributed by atoms with Gasteiger partial charge in [-0.1, -0.05) is 291 Å². The van der Waals surface area contributed by atoms with Gasteiger partial charge in [-0.05, 0) is 256 Å². The molecule has 4 heterocycles. The highest BCUT2D eigenvalue weighted by atomic mass is 15.2. The van der Waals surface area contributed by atoms with Crippen LogP contribution in [0, 0.1) is 68.0 Å². The Hall–Kier alpha value is -20.6. The van der Waals surface area contributed by atoms with E-state index in [0.29, 0.717) is 50.1 Å². The molecular formula is C132H82N12. The Balaban J connectivity index is 0.000000123. The lowest BCUT2D eigenvalue weighted by Crippen LogP contribution is -2.10. The van der Waals surface area contributed by atoms with E-state index in [0.717, 1.165) is 56.9 Å². The van der Waals surface area contributed by atoms with E-state index in [2.05, 4.69) is 471 Å². The van der Waals surface area contributed by atoms with Crippen molar-refractivity contribution in [2.24, 2.45) is 0 Å². The summed E-state index contributed by atoms with van der Waals surface area (Å²) in [7, 11) is 0. The second-order valence-electron chi connectivity index (χ2n) is 35.3. The number of rotatable bonds is 16. The molecule has 0 unspecified atom stereocenters. The van der Waals surface area contributed by atoms with E-state index in [1.54, 1.807) is 72.8 Å². The lowest BCUT2D eigenvalue weighted by atomic mass is 10.0. The van der Waals surface area contributed by atoms with Gasteiger partial charge in [-0.15, -0.1) is 0 Å². The molecule has 24 aromatic rings. The standard InChI is InChI=1S/C54H36N4.C48H34N2.C30H12N6/c1-7-19-49-43(13-1)44-14-2-8-20-50(44)56(49)40-31-25-37(26-32-40)55(38-27-33-41(34-28-38)57-51-21-9-3-15-45(51)46-16-4-10-22-52(46)57)39-29-35-42(36-30-39)58-53-23-11-5-17-47(53)48-18-6-12-24-54(48)58;1-3-11-35(12-4-1)37-19-27-41(28-20-37)49(42-29-21-38(22-30-42)36-13-5-2-6-14-36)43-31-23-39(24-32-43)40-25-33-44(34-26-40)50-47-17-9-7-15-45(47)46-16-8-10-18-48(46)50;31-13-19-1-7-22(8-2-19)25(16-34)28-29(26(17-35)23-9-3-20(14-32)4-10-23)30(28)27(18-36)24-11-5-21(15-33)6-12-24/h1-36H;1-34H;1-12H. The molecule has 0 saturated heterocycles. The van der Waals surface area contributed by atoms with E-state index in [1.165, 1.54) is 121 Å². The predicted molar refractivity (Wildman–Crippen MR) is 587 cm³/mol. The minimum absolute atomic E-state index is 0.271. The molecule has 1 aliphatic carbocycles. The highest BCUT2D eigenvalue weighted by molar-refractivity contribution is 6.15. The maximum absolute atomic E-state index is 10.1. The first-order chi connectivity index (χ1) is 71.2. The molecule has 1 fully saturated rings. The van der Waals surface area contributed by atoms with Gasteiger partial charge in [0, 0.05) is 117 Å². The van der Waals surface area contributed by atoms with Crippen LogP contribution in [0.2, 0.25) is 0 Å². The average molecular weight is 1840 g/mol. The molecule has 1 aliphatic rings. The number of allylic oxidation sites excluding steroid dienone is 6. The molecule has 12 heteroatoms. The number of hydrogen-bond donors (Lipinski definition) is 0. The minimum atomic E-state index is 0.271. The van der Waals surface area contributed by atoms with Crippen LogP contribution >= 0.6 is 0 Å². The van der Waals surface area contributed by atoms with Crippen molar-refractivity contribution in [3.63, 3.8) is 0 Å². The fraction of sp³-hybridized carbons (Fsp3) is 0. The summed E-state index contributed by atoms with van der Waals surface area (Å²) in [5.41, 5.74) is 33.2. The van der Waals surface area contributed by atoms with Gasteiger partial charge in [-0.25, -0.2) is 0 Å². The first kappa shape index (κ1) is 87.4. The molecule has 20 aromatic carbocycles. The summed E-state index contributed by atoms with van der Waals surface area (Å²) in [6, 6.07) is 185. The molecule has 12 nitrogen and oxygen atoms in total. The zero-order valence-corrected chi connectivity index (χ0v) is 77.7. The molecule has 25 rings (SSSR count). The van der Waals surface area contributed by atoms with Gasteiger partial charge in [0.05, 0.1) is 95.8 Å². The molecule has 670 valence electrons. The summed E-state index contributed by atoms with van der Waals surface area (Å²) in [5.74, 6) is 0. The van der Waals surface area contributed by atoms with Gasteiger partial charge in [0.2, 0.25) is 0 Å². The molecule has 0 amide bonds. The zero-order valence-electron chi connectivity index (χ0n) is 77.7. The van der Waals surface area contributed by atoms with Crippen LogP contribution in [0.25, 0.3) is 160 Å². The van der Waals surface area contributed by atoms with E-state index in [-0.39, 0.29) is 16.7 Å². The number of nitriles is 6. The van der Waals surface area contributed by atoms with Crippen LogP contribution in [0.1, 0.15) is 33.4 Å². The number of benzene rings is 20. The predicted octanol–water partition coefficient (Wildman–Crippen LogP) is 33.2. The van der Waals surface area contributed by atoms with Crippen molar-refractivity contribution in [2.75, 3.05) is 9.80 Å². The van der Waals surface area contributed by atoms with Crippen LogP contribution in [0.4, 0.5) is 34.1 Å². The van der Waals surface area contributed by atoms with Crippen LogP contribution in [0.15, 0.2) is 514 Å². The fourth-order valence-corrected chi connectivity index (χ4v) is 20.3. The number of para-hydroxylation sites is 8. The zero-order chi connectivity index (χ0) is 97.1. The number of anilines is 6. The van der Waals surface area contributed by atoms with Crippen LogP contribution in [0.5, 0.6) is 0 Å². The summed E-state index contributed by atoms with van der Waals surface area (Å²) in [5, 5.41) is 67.7. The topological polar surface area (TPSA) is 169 Å². The maximum Gasteiger partial charge on any atom is 0.100 e. The molecule has 0 atom stereocenters. The lowest BCUT2D eigenvalue weighted by Gasteiger charge is -2.26. The summed E-state index contributed by atoms with van der Waals surface area (Å²) in [6.45, 7) is 0. The Morgan fingerprint density at radius 2 is 0.319 bits per heavy atom. The third kappa shape index (κ3) is 16.2. The van der Waals surface area contributed by atoms with Gasteiger partial charge in [-0.3, -0.25) is 0 Å². The molecule has 0 N–H and O–H groups in total. The van der Waals surface area contributed by atoms with Crippen LogP contribution < -0.4 is 9.80 Å². The van der Waals surface area contributed by atoms with Gasteiger partial charge >= 0.3 is 0 Å².